The van der Waals surface area contributed by atoms with Crippen molar-refractivity contribution in [3.8, 4) is 0 Å². The van der Waals surface area contributed by atoms with Crippen LogP contribution in [0.25, 0.3) is 0 Å². The Balaban J connectivity index is 1.25. The summed E-state index contributed by atoms with van der Waals surface area (Å²) in [6.45, 7) is 4.52. The molecule has 0 aliphatic heterocycles. The SMILES string of the molecule is CCC1CCC(C2CCC(C(OC(c3ccc(F)c(F)c3F)C3CCC(C4CCC(CC)CC4)CC3)c3ccc(F)c(F)c3F)CC2)CC1. The van der Waals surface area contributed by atoms with Crippen LogP contribution >= 0.6 is 0 Å². The highest BCUT2D eigenvalue weighted by atomic mass is 19.2. The molecule has 2 aromatic rings. The Bertz CT molecular complexity index is 1260. The Morgan fingerprint density at radius 3 is 1.06 bits per heavy atom. The van der Waals surface area contributed by atoms with Crippen LogP contribution in [0, 0.1) is 82.2 Å². The Kier molecular flexibility index (Phi) is 12.4. The molecule has 49 heavy (non-hydrogen) atoms. The molecule has 0 N–H and O–H groups in total. The number of hydrogen-bond acceptors (Lipinski definition) is 1. The van der Waals surface area contributed by atoms with Gasteiger partial charge in [-0.25, -0.2) is 26.3 Å². The predicted molar refractivity (Wildman–Crippen MR) is 182 cm³/mol. The number of halogens is 6. The quantitative estimate of drug-likeness (QED) is 0.178. The van der Waals surface area contributed by atoms with Gasteiger partial charge < -0.3 is 4.74 Å². The summed E-state index contributed by atoms with van der Waals surface area (Å²) in [6, 6.07) is 4.35. The minimum Gasteiger partial charge on any atom is -0.365 e. The molecule has 4 saturated carbocycles. The molecule has 4 aliphatic rings. The average molecular weight is 691 g/mol. The van der Waals surface area contributed by atoms with Crippen molar-refractivity contribution in [2.24, 2.45) is 47.3 Å². The molecule has 0 bridgehead atoms. The molecule has 0 spiro atoms. The Morgan fingerprint density at radius 2 is 0.755 bits per heavy atom. The number of ether oxygens (including phenoxy) is 1. The van der Waals surface area contributed by atoms with E-state index >= 15 is 8.78 Å². The largest absolute Gasteiger partial charge is 0.365 e. The third-order valence-corrected chi connectivity index (χ3v) is 13.8. The van der Waals surface area contributed by atoms with Gasteiger partial charge in [0.15, 0.2) is 34.9 Å². The first-order chi connectivity index (χ1) is 23.7. The highest BCUT2D eigenvalue weighted by Crippen LogP contribution is 2.51. The van der Waals surface area contributed by atoms with E-state index in [1.807, 2.05) is 0 Å². The molecule has 7 heteroatoms. The molecule has 0 saturated heterocycles. The van der Waals surface area contributed by atoms with Crippen LogP contribution in [0.1, 0.15) is 153 Å². The first-order valence-corrected chi connectivity index (χ1v) is 19.6. The van der Waals surface area contributed by atoms with Gasteiger partial charge in [-0.1, -0.05) is 64.5 Å². The molecule has 272 valence electrons. The van der Waals surface area contributed by atoms with Gasteiger partial charge in [-0.15, -0.1) is 0 Å². The maximum Gasteiger partial charge on any atom is 0.194 e. The number of benzene rings is 2. The van der Waals surface area contributed by atoms with Gasteiger partial charge in [0, 0.05) is 11.1 Å². The van der Waals surface area contributed by atoms with Gasteiger partial charge in [0.05, 0.1) is 12.2 Å². The third-order valence-electron chi connectivity index (χ3n) is 13.8. The molecule has 4 aliphatic carbocycles. The van der Waals surface area contributed by atoms with E-state index < -0.39 is 47.1 Å². The van der Waals surface area contributed by atoms with Gasteiger partial charge in [-0.05, 0) is 137 Å². The van der Waals surface area contributed by atoms with Crippen LogP contribution in [-0.4, -0.2) is 0 Å². The minimum absolute atomic E-state index is 0.0832. The lowest BCUT2D eigenvalue weighted by molar-refractivity contribution is -0.0963. The molecule has 1 nitrogen and oxygen atoms in total. The Morgan fingerprint density at radius 1 is 0.449 bits per heavy atom. The monoisotopic (exact) mass is 690 g/mol. The van der Waals surface area contributed by atoms with Gasteiger partial charge in [0.25, 0.3) is 0 Å². The van der Waals surface area contributed by atoms with Crippen molar-refractivity contribution in [1.82, 2.24) is 0 Å². The van der Waals surface area contributed by atoms with Crippen molar-refractivity contribution in [3.63, 3.8) is 0 Å². The van der Waals surface area contributed by atoms with Crippen LogP contribution in [-0.2, 0) is 4.74 Å². The van der Waals surface area contributed by atoms with E-state index in [9.17, 15) is 17.6 Å². The Labute approximate surface area is 290 Å². The van der Waals surface area contributed by atoms with Crippen LogP contribution in [0.3, 0.4) is 0 Å². The lowest BCUT2D eigenvalue weighted by Gasteiger charge is -2.43. The zero-order valence-corrected chi connectivity index (χ0v) is 29.5. The van der Waals surface area contributed by atoms with Crippen molar-refractivity contribution in [1.29, 1.82) is 0 Å². The normalized spacial score (nSPS) is 32.5. The van der Waals surface area contributed by atoms with Crippen molar-refractivity contribution in [3.05, 3.63) is 70.3 Å². The standard InChI is InChI=1S/C42H56F6O/c1-3-25-5-9-27(10-6-25)29-13-17-31(18-14-29)41(33-21-23-35(43)39(47)37(33)45)49-42(34-22-24-36(44)40(48)38(34)46)32-19-15-30(16-20-32)28-11-7-26(4-2)8-12-28/h21-32,41-42H,3-20H2,1-2H3. The lowest BCUT2D eigenvalue weighted by atomic mass is 9.67. The van der Waals surface area contributed by atoms with Gasteiger partial charge in [0.1, 0.15) is 0 Å². The summed E-state index contributed by atoms with van der Waals surface area (Å²) < 4.78 is 96.0. The summed E-state index contributed by atoms with van der Waals surface area (Å²) in [5.74, 6) is -4.58. The van der Waals surface area contributed by atoms with Crippen LogP contribution in [0.4, 0.5) is 26.3 Å². The van der Waals surface area contributed by atoms with Crippen LogP contribution in [0.15, 0.2) is 24.3 Å². The number of rotatable bonds is 10. The number of hydrogen-bond donors (Lipinski definition) is 0. The second-order valence-electron chi connectivity index (χ2n) is 16.2. The first-order valence-electron chi connectivity index (χ1n) is 19.6. The van der Waals surface area contributed by atoms with E-state index in [-0.39, 0.29) is 23.0 Å². The molecule has 2 aromatic carbocycles. The second-order valence-corrected chi connectivity index (χ2v) is 16.2. The van der Waals surface area contributed by atoms with Crippen LogP contribution in [0.5, 0.6) is 0 Å². The molecule has 4 fully saturated rings. The summed E-state index contributed by atoms with van der Waals surface area (Å²) in [4.78, 5) is 0. The zero-order valence-electron chi connectivity index (χ0n) is 29.5. The van der Waals surface area contributed by atoms with Gasteiger partial charge in [-0.2, -0.15) is 0 Å². The summed E-state index contributed by atoms with van der Waals surface area (Å²) in [7, 11) is 0. The first kappa shape index (κ1) is 36.8. The van der Waals surface area contributed by atoms with Crippen molar-refractivity contribution < 1.29 is 31.1 Å². The summed E-state index contributed by atoms with van der Waals surface area (Å²) in [5.41, 5.74) is -0.166. The van der Waals surface area contributed by atoms with E-state index in [0.717, 1.165) is 75.3 Å². The van der Waals surface area contributed by atoms with Gasteiger partial charge in [0.2, 0.25) is 0 Å². The van der Waals surface area contributed by atoms with Crippen LogP contribution < -0.4 is 0 Å². The van der Waals surface area contributed by atoms with E-state index in [2.05, 4.69) is 13.8 Å². The third kappa shape index (κ3) is 8.23. The molecule has 6 rings (SSSR count). The minimum atomic E-state index is -1.55. The van der Waals surface area contributed by atoms with Crippen molar-refractivity contribution in [2.45, 2.75) is 142 Å². The average Bonchev–Trinajstić information content (AvgIpc) is 3.14. The highest BCUT2D eigenvalue weighted by Gasteiger charge is 2.41. The van der Waals surface area contributed by atoms with Gasteiger partial charge >= 0.3 is 0 Å². The highest BCUT2D eigenvalue weighted by molar-refractivity contribution is 5.26. The molecule has 0 aromatic heterocycles. The predicted octanol–water partition coefficient (Wildman–Crippen LogP) is 13.4. The van der Waals surface area contributed by atoms with Crippen LogP contribution in [0.2, 0.25) is 0 Å². The van der Waals surface area contributed by atoms with Crippen molar-refractivity contribution in [2.75, 3.05) is 0 Å². The van der Waals surface area contributed by atoms with E-state index in [4.69, 9.17) is 4.74 Å². The topological polar surface area (TPSA) is 9.23 Å². The smallest absolute Gasteiger partial charge is 0.194 e. The van der Waals surface area contributed by atoms with E-state index in [1.54, 1.807) is 0 Å². The summed E-state index contributed by atoms with van der Waals surface area (Å²) in [6.07, 6.45) is 17.1. The maximum absolute atomic E-state index is 15.6. The molecule has 2 atom stereocenters. The molecular formula is C42H56F6O. The fourth-order valence-electron chi connectivity index (χ4n) is 10.5. The van der Waals surface area contributed by atoms with E-state index in [1.165, 1.54) is 76.3 Å². The van der Waals surface area contributed by atoms with Crippen molar-refractivity contribution >= 4 is 0 Å². The van der Waals surface area contributed by atoms with Gasteiger partial charge in [-0.3, -0.25) is 0 Å². The zero-order chi connectivity index (χ0) is 34.7. The summed E-state index contributed by atoms with van der Waals surface area (Å²) >= 11 is 0. The maximum atomic E-state index is 15.6. The fraction of sp³-hybridized carbons (Fsp3) is 0.714. The molecule has 0 radical (unpaired) electrons. The van der Waals surface area contributed by atoms with E-state index in [0.29, 0.717) is 23.7 Å². The second kappa shape index (κ2) is 16.5. The molecular weight excluding hydrogens is 634 g/mol. The lowest BCUT2D eigenvalue weighted by Crippen LogP contribution is -2.32. The molecule has 0 heterocycles. The Hall–Kier alpha value is -2.02. The summed E-state index contributed by atoms with van der Waals surface area (Å²) in [5, 5.41) is 0. The molecule has 2 unspecified atom stereocenters. The fourth-order valence-corrected chi connectivity index (χ4v) is 10.5. The molecule has 0 amide bonds.